The van der Waals surface area contributed by atoms with Crippen molar-refractivity contribution in [1.82, 2.24) is 10.2 Å². The fourth-order valence-electron chi connectivity index (χ4n) is 2.59. The van der Waals surface area contributed by atoms with E-state index in [4.69, 9.17) is 0 Å². The Labute approximate surface area is 119 Å². The molecule has 0 radical (unpaired) electrons. The number of aliphatic hydroxyl groups excluding tert-OH is 1. The Bertz CT molecular complexity index is 420. The van der Waals surface area contributed by atoms with Crippen molar-refractivity contribution >= 4 is 12.0 Å². The zero-order valence-corrected chi connectivity index (χ0v) is 11.9. The highest BCUT2D eigenvalue weighted by Crippen LogP contribution is 2.35. The Morgan fingerprint density at radius 2 is 1.86 bits per heavy atom. The summed E-state index contributed by atoms with van der Waals surface area (Å²) in [5.41, 5.74) is -0.623. The van der Waals surface area contributed by atoms with Gasteiger partial charge in [-0.05, 0) is 5.41 Å². The summed E-state index contributed by atoms with van der Waals surface area (Å²) >= 11 is 0. The van der Waals surface area contributed by atoms with Gasteiger partial charge in [0.2, 0.25) is 0 Å². The van der Waals surface area contributed by atoms with E-state index in [1.807, 2.05) is 0 Å². The maximum absolute atomic E-state index is 12.1. The Kier molecular flexibility index (Phi) is 4.76. The fourth-order valence-corrected chi connectivity index (χ4v) is 2.59. The quantitative estimate of drug-likeness (QED) is 0.733. The molecule has 0 aliphatic carbocycles. The van der Waals surface area contributed by atoms with E-state index in [0.717, 1.165) is 4.90 Å². The second-order valence-corrected chi connectivity index (χ2v) is 6.19. The number of alkyl halides is 3. The Morgan fingerprint density at radius 1 is 1.33 bits per heavy atom. The van der Waals surface area contributed by atoms with Gasteiger partial charge in [0.1, 0.15) is 6.09 Å². The van der Waals surface area contributed by atoms with Crippen LogP contribution >= 0.6 is 0 Å². The van der Waals surface area contributed by atoms with Crippen molar-refractivity contribution in [3.05, 3.63) is 0 Å². The fraction of sp³-hybridized carbons (Fsp3) is 0.833. The molecule has 0 aromatic heterocycles. The minimum Gasteiger partial charge on any atom is -0.530 e. The van der Waals surface area contributed by atoms with Crippen molar-refractivity contribution in [2.45, 2.75) is 39.1 Å². The van der Waals surface area contributed by atoms with Crippen LogP contribution in [0.25, 0.3) is 0 Å². The summed E-state index contributed by atoms with van der Waals surface area (Å²) in [6, 6.07) is -0.810. The first kappa shape index (κ1) is 17.5. The van der Waals surface area contributed by atoms with Gasteiger partial charge in [0, 0.05) is 19.0 Å². The van der Waals surface area contributed by atoms with Crippen molar-refractivity contribution in [2.75, 3.05) is 13.1 Å². The molecule has 1 saturated heterocycles. The number of halogens is 3. The topological polar surface area (TPSA) is 92.7 Å². The zero-order valence-electron chi connectivity index (χ0n) is 11.9. The summed E-state index contributed by atoms with van der Waals surface area (Å²) in [5, 5.41) is 22.9. The second kappa shape index (κ2) is 5.70. The van der Waals surface area contributed by atoms with Crippen LogP contribution in [0.3, 0.4) is 0 Å². The Balaban J connectivity index is 2.79. The van der Waals surface area contributed by atoms with Crippen molar-refractivity contribution in [1.29, 1.82) is 0 Å². The highest BCUT2D eigenvalue weighted by molar-refractivity contribution is 5.81. The summed E-state index contributed by atoms with van der Waals surface area (Å²) in [5.74, 6) is -2.94. The molecule has 1 aliphatic rings. The molecule has 1 unspecified atom stereocenters. The van der Waals surface area contributed by atoms with Crippen molar-refractivity contribution < 1.29 is 33.0 Å². The Morgan fingerprint density at radius 3 is 2.19 bits per heavy atom. The lowest BCUT2D eigenvalue weighted by molar-refractivity contribution is -0.269. The maximum Gasteiger partial charge on any atom is 0.471 e. The van der Waals surface area contributed by atoms with Crippen LogP contribution in [0.15, 0.2) is 0 Å². The molecule has 0 aromatic carbocycles. The molecule has 1 fully saturated rings. The zero-order chi connectivity index (χ0) is 16.6. The van der Waals surface area contributed by atoms with Crippen molar-refractivity contribution in [2.24, 2.45) is 11.3 Å². The third-order valence-corrected chi connectivity index (χ3v) is 3.48. The number of likely N-dealkylation sites (tertiary alicyclic amines) is 1. The van der Waals surface area contributed by atoms with E-state index in [9.17, 15) is 33.0 Å². The largest absolute Gasteiger partial charge is 0.530 e. The van der Waals surface area contributed by atoms with Gasteiger partial charge in [-0.3, -0.25) is 4.79 Å². The summed E-state index contributed by atoms with van der Waals surface area (Å²) in [4.78, 5) is 22.7. The van der Waals surface area contributed by atoms with Gasteiger partial charge in [0.25, 0.3) is 0 Å². The van der Waals surface area contributed by atoms with Gasteiger partial charge >= 0.3 is 12.1 Å². The van der Waals surface area contributed by atoms with E-state index < -0.39 is 48.2 Å². The average molecular weight is 311 g/mol. The van der Waals surface area contributed by atoms with Crippen LogP contribution in [0.5, 0.6) is 0 Å². The van der Waals surface area contributed by atoms with E-state index >= 15 is 0 Å². The average Bonchev–Trinajstić information content (AvgIpc) is 2.61. The number of amides is 2. The predicted molar refractivity (Wildman–Crippen MR) is 63.9 cm³/mol. The van der Waals surface area contributed by atoms with Crippen LogP contribution in [0.4, 0.5) is 18.0 Å². The molecule has 21 heavy (non-hydrogen) atoms. The minimum absolute atomic E-state index is 0.191. The molecule has 2 N–H and O–H groups in total. The highest BCUT2D eigenvalue weighted by Gasteiger charge is 2.47. The number of rotatable bonds is 2. The van der Waals surface area contributed by atoms with Crippen LogP contribution < -0.4 is 10.4 Å². The highest BCUT2D eigenvalue weighted by atomic mass is 19.4. The monoisotopic (exact) mass is 311 g/mol. The molecule has 1 heterocycles. The van der Waals surface area contributed by atoms with Gasteiger partial charge in [0.15, 0.2) is 0 Å². The molecule has 1 aliphatic heterocycles. The SMILES string of the molecule is CC(C)(C)C1[C@H](O)[C@H](CNC(=O)C(F)(F)F)CN1C(=O)[O-]. The number of hydrogen-bond donors (Lipinski definition) is 2. The van der Waals surface area contributed by atoms with Crippen LogP contribution in [-0.2, 0) is 4.79 Å². The molecule has 2 amide bonds. The molecule has 1 rings (SSSR count). The van der Waals surface area contributed by atoms with Gasteiger partial charge < -0.3 is 25.2 Å². The van der Waals surface area contributed by atoms with E-state index in [2.05, 4.69) is 0 Å². The summed E-state index contributed by atoms with van der Waals surface area (Å²) < 4.78 is 36.3. The van der Waals surface area contributed by atoms with E-state index in [1.54, 1.807) is 26.1 Å². The number of aliphatic hydroxyl groups is 1. The summed E-state index contributed by atoms with van der Waals surface area (Å²) in [7, 11) is 0. The van der Waals surface area contributed by atoms with Gasteiger partial charge in [-0.15, -0.1) is 0 Å². The molecule has 0 saturated carbocycles. The van der Waals surface area contributed by atoms with E-state index in [0.29, 0.717) is 0 Å². The third-order valence-electron chi connectivity index (χ3n) is 3.48. The van der Waals surface area contributed by atoms with Crippen molar-refractivity contribution in [3.8, 4) is 0 Å². The third kappa shape index (κ3) is 3.99. The van der Waals surface area contributed by atoms with Crippen molar-refractivity contribution in [3.63, 3.8) is 0 Å². The van der Waals surface area contributed by atoms with Crippen LogP contribution in [-0.4, -0.2) is 53.4 Å². The molecular weight excluding hydrogens is 293 g/mol. The lowest BCUT2D eigenvalue weighted by Gasteiger charge is -2.38. The number of hydrogen-bond acceptors (Lipinski definition) is 4. The first-order valence-corrected chi connectivity index (χ1v) is 6.36. The molecule has 0 spiro atoms. The number of carbonyl (C=O) groups is 2. The van der Waals surface area contributed by atoms with Gasteiger partial charge in [-0.1, -0.05) is 20.8 Å². The summed E-state index contributed by atoms with van der Waals surface area (Å²) in [6.07, 6.45) is -7.70. The Hall–Kier alpha value is -1.51. The number of carbonyl (C=O) groups excluding carboxylic acids is 2. The van der Waals surface area contributed by atoms with E-state index in [-0.39, 0.29) is 6.54 Å². The molecule has 0 bridgehead atoms. The number of nitrogens with one attached hydrogen (secondary N) is 1. The maximum atomic E-state index is 12.1. The molecule has 122 valence electrons. The normalized spacial score (nSPS) is 26.8. The summed E-state index contributed by atoms with van der Waals surface area (Å²) in [6.45, 7) is 4.45. The van der Waals surface area contributed by atoms with Gasteiger partial charge in [-0.25, -0.2) is 0 Å². The smallest absolute Gasteiger partial charge is 0.471 e. The lowest BCUT2D eigenvalue weighted by atomic mass is 9.82. The number of nitrogens with zero attached hydrogens (tertiary/aromatic N) is 1. The van der Waals surface area contributed by atoms with Gasteiger partial charge in [-0.2, -0.15) is 13.2 Å². The second-order valence-electron chi connectivity index (χ2n) is 6.19. The number of carboxylic acid groups (broad SMARTS) is 1. The predicted octanol–water partition coefficient (Wildman–Crippen LogP) is -0.284. The van der Waals surface area contributed by atoms with Crippen LogP contribution in [0, 0.1) is 11.3 Å². The first-order chi connectivity index (χ1) is 9.35. The van der Waals surface area contributed by atoms with Crippen LogP contribution in [0.2, 0.25) is 0 Å². The minimum atomic E-state index is -5.01. The standard InChI is InChI=1S/C12H19F3N2O4/c1-11(2,3)8-7(18)6(5-17(8)10(20)21)4-16-9(19)12(13,14)15/h6-8,18H,4-5H2,1-3H3,(H,16,19)(H,20,21)/p-1/t6-,7-,8?/m1/s1. The molecule has 6 nitrogen and oxygen atoms in total. The molecule has 9 heteroatoms. The molecular formula is C12H18F3N2O4-. The van der Waals surface area contributed by atoms with Gasteiger partial charge in [0.05, 0.1) is 12.1 Å². The molecule has 0 aromatic rings. The molecule has 3 atom stereocenters. The van der Waals surface area contributed by atoms with Crippen LogP contribution in [0.1, 0.15) is 20.8 Å². The lowest BCUT2D eigenvalue weighted by Crippen LogP contribution is -2.52. The first-order valence-electron chi connectivity index (χ1n) is 6.36. The van der Waals surface area contributed by atoms with E-state index in [1.165, 1.54) is 0 Å².